The summed E-state index contributed by atoms with van der Waals surface area (Å²) in [6.07, 6.45) is 8.89. The molecule has 2 heteroatoms. The lowest BCUT2D eigenvalue weighted by Gasteiger charge is -2.39. The fourth-order valence-electron chi connectivity index (χ4n) is 2.52. The quantitative estimate of drug-likeness (QED) is 0.680. The minimum absolute atomic E-state index is 0.297. The van der Waals surface area contributed by atoms with E-state index < -0.39 is 0 Å². The Morgan fingerprint density at radius 2 is 1.62 bits per heavy atom. The summed E-state index contributed by atoms with van der Waals surface area (Å²) in [5, 5.41) is 9.10. The van der Waals surface area contributed by atoms with Crippen molar-refractivity contribution in [2.24, 2.45) is 0 Å². The maximum atomic E-state index is 9.10. The highest BCUT2D eigenvalue weighted by Gasteiger charge is 2.32. The highest BCUT2D eigenvalue weighted by Crippen LogP contribution is 2.33. The van der Waals surface area contributed by atoms with Gasteiger partial charge in [0.2, 0.25) is 0 Å². The van der Waals surface area contributed by atoms with Crippen molar-refractivity contribution in [2.75, 3.05) is 20.7 Å². The Kier molecular flexibility index (Phi) is 4.20. The van der Waals surface area contributed by atoms with Gasteiger partial charge in [-0.3, -0.25) is 0 Å². The van der Waals surface area contributed by atoms with Crippen LogP contribution in [0.4, 0.5) is 0 Å². The number of hydrogen-bond acceptors (Lipinski definition) is 2. The van der Waals surface area contributed by atoms with Gasteiger partial charge in [-0.25, -0.2) is 0 Å². The number of hydrogen-bond donors (Lipinski definition) is 1. The van der Waals surface area contributed by atoms with Crippen molar-refractivity contribution in [1.29, 1.82) is 0 Å². The van der Waals surface area contributed by atoms with Crippen molar-refractivity contribution < 1.29 is 5.11 Å². The Hall–Kier alpha value is -0.0800. The summed E-state index contributed by atoms with van der Waals surface area (Å²) < 4.78 is 0. The summed E-state index contributed by atoms with van der Waals surface area (Å²) in [5.74, 6) is 0. The van der Waals surface area contributed by atoms with Gasteiger partial charge in [0, 0.05) is 12.1 Å². The predicted octanol–water partition coefficient (Wildman–Crippen LogP) is 2.02. The van der Waals surface area contributed by atoms with Crippen molar-refractivity contribution in [2.45, 2.75) is 50.5 Å². The minimum atomic E-state index is 0.297. The van der Waals surface area contributed by atoms with E-state index in [2.05, 4.69) is 19.0 Å². The lowest BCUT2D eigenvalue weighted by Crippen LogP contribution is -2.44. The van der Waals surface area contributed by atoms with Crippen LogP contribution in [0.25, 0.3) is 0 Å². The van der Waals surface area contributed by atoms with Gasteiger partial charge in [-0.15, -0.1) is 0 Å². The average molecular weight is 185 g/mol. The number of aliphatic hydroxyl groups is 1. The van der Waals surface area contributed by atoms with Crippen LogP contribution < -0.4 is 0 Å². The van der Waals surface area contributed by atoms with Crippen LogP contribution in [0.1, 0.15) is 44.9 Å². The van der Waals surface area contributed by atoms with E-state index in [-0.39, 0.29) is 0 Å². The Balaban J connectivity index is 2.62. The lowest BCUT2D eigenvalue weighted by molar-refractivity contribution is 0.0914. The third kappa shape index (κ3) is 2.68. The lowest BCUT2D eigenvalue weighted by atomic mass is 9.86. The van der Waals surface area contributed by atoms with Gasteiger partial charge >= 0.3 is 0 Å². The zero-order valence-electron chi connectivity index (χ0n) is 9.05. The second-order valence-corrected chi connectivity index (χ2v) is 4.51. The van der Waals surface area contributed by atoms with Crippen molar-refractivity contribution in [1.82, 2.24) is 4.90 Å². The fraction of sp³-hybridized carbons (Fsp3) is 1.00. The first-order valence-electron chi connectivity index (χ1n) is 5.49. The summed E-state index contributed by atoms with van der Waals surface area (Å²) in [4.78, 5) is 2.33. The molecule has 0 aromatic rings. The third-order valence-electron chi connectivity index (χ3n) is 3.56. The molecule has 1 saturated carbocycles. The molecule has 0 spiro atoms. The molecule has 0 aromatic carbocycles. The Morgan fingerprint density at radius 1 is 1.08 bits per heavy atom. The standard InChI is InChI=1S/C11H23NO/c1-12(2)11(9-10-13)7-5-3-4-6-8-11/h13H,3-10H2,1-2H3. The zero-order valence-corrected chi connectivity index (χ0v) is 9.05. The first-order chi connectivity index (χ1) is 6.21. The Morgan fingerprint density at radius 3 is 2.00 bits per heavy atom. The fourth-order valence-corrected chi connectivity index (χ4v) is 2.52. The maximum Gasteiger partial charge on any atom is 0.0448 e. The summed E-state index contributed by atoms with van der Waals surface area (Å²) in [6.45, 7) is 0.332. The molecule has 0 aliphatic heterocycles. The van der Waals surface area contributed by atoms with E-state index in [4.69, 9.17) is 5.11 Å². The smallest absolute Gasteiger partial charge is 0.0448 e. The molecule has 0 radical (unpaired) electrons. The van der Waals surface area contributed by atoms with Gasteiger partial charge in [0.15, 0.2) is 0 Å². The SMILES string of the molecule is CN(C)C1(CCO)CCCCCC1. The van der Waals surface area contributed by atoms with Crippen LogP contribution in [0.3, 0.4) is 0 Å². The molecule has 0 amide bonds. The van der Waals surface area contributed by atoms with Crippen LogP contribution in [-0.4, -0.2) is 36.2 Å². The van der Waals surface area contributed by atoms with Gasteiger partial charge in [-0.2, -0.15) is 0 Å². The van der Waals surface area contributed by atoms with Gasteiger partial charge < -0.3 is 10.0 Å². The maximum absolute atomic E-state index is 9.10. The highest BCUT2D eigenvalue weighted by atomic mass is 16.3. The molecule has 0 aromatic heterocycles. The molecular formula is C11H23NO. The predicted molar refractivity (Wildman–Crippen MR) is 55.8 cm³/mol. The van der Waals surface area contributed by atoms with Crippen LogP contribution in [0.15, 0.2) is 0 Å². The molecule has 0 unspecified atom stereocenters. The minimum Gasteiger partial charge on any atom is -0.396 e. The molecule has 1 aliphatic carbocycles. The summed E-state index contributed by atoms with van der Waals surface area (Å²) in [6, 6.07) is 0. The molecule has 0 atom stereocenters. The largest absolute Gasteiger partial charge is 0.396 e. The molecule has 1 fully saturated rings. The van der Waals surface area contributed by atoms with E-state index in [0.29, 0.717) is 12.1 Å². The van der Waals surface area contributed by atoms with Gasteiger partial charge in [-0.05, 0) is 33.4 Å². The molecule has 0 bridgehead atoms. The molecule has 78 valence electrons. The molecular weight excluding hydrogens is 162 g/mol. The van der Waals surface area contributed by atoms with Crippen molar-refractivity contribution in [3.8, 4) is 0 Å². The van der Waals surface area contributed by atoms with Gasteiger partial charge in [0.1, 0.15) is 0 Å². The third-order valence-corrected chi connectivity index (χ3v) is 3.56. The zero-order chi connectivity index (χ0) is 9.73. The van der Waals surface area contributed by atoms with Crippen LogP contribution >= 0.6 is 0 Å². The molecule has 0 saturated heterocycles. The number of nitrogens with zero attached hydrogens (tertiary/aromatic N) is 1. The van der Waals surface area contributed by atoms with Crippen molar-refractivity contribution in [3.05, 3.63) is 0 Å². The van der Waals surface area contributed by atoms with E-state index in [0.717, 1.165) is 6.42 Å². The Labute approximate surface area is 81.9 Å². The molecule has 0 heterocycles. The van der Waals surface area contributed by atoms with Gasteiger partial charge in [0.25, 0.3) is 0 Å². The molecule has 1 N–H and O–H groups in total. The summed E-state index contributed by atoms with van der Waals surface area (Å²) in [5.41, 5.74) is 0.297. The van der Waals surface area contributed by atoms with E-state index in [1.165, 1.54) is 38.5 Å². The average Bonchev–Trinajstić information content (AvgIpc) is 2.31. The van der Waals surface area contributed by atoms with Gasteiger partial charge in [0.05, 0.1) is 0 Å². The summed E-state index contributed by atoms with van der Waals surface area (Å²) in [7, 11) is 4.31. The Bertz CT molecular complexity index is 137. The highest BCUT2D eigenvalue weighted by molar-refractivity contribution is 4.89. The summed E-state index contributed by atoms with van der Waals surface area (Å²) >= 11 is 0. The van der Waals surface area contributed by atoms with Crippen LogP contribution in [-0.2, 0) is 0 Å². The van der Waals surface area contributed by atoms with Crippen LogP contribution in [0.5, 0.6) is 0 Å². The van der Waals surface area contributed by atoms with E-state index in [9.17, 15) is 0 Å². The van der Waals surface area contributed by atoms with E-state index in [1.807, 2.05) is 0 Å². The normalized spacial score (nSPS) is 23.1. The molecule has 1 rings (SSSR count). The van der Waals surface area contributed by atoms with Crippen molar-refractivity contribution >= 4 is 0 Å². The second kappa shape index (κ2) is 4.97. The van der Waals surface area contributed by atoms with Crippen molar-refractivity contribution in [3.63, 3.8) is 0 Å². The molecule has 13 heavy (non-hydrogen) atoms. The molecule has 2 nitrogen and oxygen atoms in total. The van der Waals surface area contributed by atoms with Gasteiger partial charge in [-0.1, -0.05) is 25.7 Å². The van der Waals surface area contributed by atoms with Crippen LogP contribution in [0, 0.1) is 0 Å². The first kappa shape index (κ1) is 11.0. The number of rotatable bonds is 3. The topological polar surface area (TPSA) is 23.5 Å². The first-order valence-corrected chi connectivity index (χ1v) is 5.49. The van der Waals surface area contributed by atoms with E-state index in [1.54, 1.807) is 0 Å². The van der Waals surface area contributed by atoms with E-state index >= 15 is 0 Å². The molecule has 1 aliphatic rings. The number of aliphatic hydroxyl groups excluding tert-OH is 1. The van der Waals surface area contributed by atoms with Crippen LogP contribution in [0.2, 0.25) is 0 Å². The second-order valence-electron chi connectivity index (χ2n) is 4.51. The monoisotopic (exact) mass is 185 g/mol.